The molecule has 0 saturated heterocycles. The summed E-state index contributed by atoms with van der Waals surface area (Å²) in [6.07, 6.45) is 4.06. The van der Waals surface area contributed by atoms with Gasteiger partial charge in [0, 0.05) is 4.47 Å². The molecule has 98 valence electrons. The molecule has 2 heteroatoms. The minimum Gasteiger partial charge on any atom is -0.392 e. The zero-order chi connectivity index (χ0) is 13.5. The molecule has 0 atom stereocenters. The lowest BCUT2D eigenvalue weighted by atomic mass is 10.0. The van der Waals surface area contributed by atoms with Crippen molar-refractivity contribution >= 4 is 21.5 Å². The molecule has 0 bridgehead atoms. The number of allylic oxidation sites excluding steroid dienone is 1. The fraction of sp³-hybridized carbons (Fsp3) is 0.176. The van der Waals surface area contributed by atoms with Crippen LogP contribution < -0.4 is 0 Å². The molecule has 0 saturated carbocycles. The van der Waals surface area contributed by atoms with Crippen LogP contribution in [0.5, 0.6) is 0 Å². The molecular formula is C17H17BrO. The Bertz CT molecular complexity index is 546. The molecule has 19 heavy (non-hydrogen) atoms. The zero-order valence-electron chi connectivity index (χ0n) is 10.7. The van der Waals surface area contributed by atoms with Crippen molar-refractivity contribution in [1.82, 2.24) is 0 Å². The molecule has 1 nitrogen and oxygen atoms in total. The van der Waals surface area contributed by atoms with Crippen LogP contribution in [0, 0.1) is 0 Å². The van der Waals surface area contributed by atoms with Crippen LogP contribution in [-0.4, -0.2) is 11.7 Å². The van der Waals surface area contributed by atoms with Gasteiger partial charge in [0.2, 0.25) is 0 Å². The second kappa shape index (κ2) is 7.27. The van der Waals surface area contributed by atoms with E-state index in [-0.39, 0.29) is 6.61 Å². The third-order valence-electron chi connectivity index (χ3n) is 3.03. The summed E-state index contributed by atoms with van der Waals surface area (Å²) >= 11 is 3.46. The van der Waals surface area contributed by atoms with Gasteiger partial charge in [0.25, 0.3) is 0 Å². The van der Waals surface area contributed by atoms with E-state index in [1.165, 1.54) is 5.56 Å². The van der Waals surface area contributed by atoms with Gasteiger partial charge in [-0.3, -0.25) is 0 Å². The topological polar surface area (TPSA) is 20.2 Å². The number of hydrogen-bond acceptors (Lipinski definition) is 1. The number of aliphatic hydroxyl groups is 1. The smallest absolute Gasteiger partial charge is 0.0684 e. The van der Waals surface area contributed by atoms with Gasteiger partial charge >= 0.3 is 0 Å². The second-order valence-corrected chi connectivity index (χ2v) is 5.34. The van der Waals surface area contributed by atoms with Crippen LogP contribution in [-0.2, 0) is 6.42 Å². The van der Waals surface area contributed by atoms with E-state index in [4.69, 9.17) is 0 Å². The summed E-state index contributed by atoms with van der Waals surface area (Å²) < 4.78 is 1.03. The Morgan fingerprint density at radius 3 is 2.53 bits per heavy atom. The van der Waals surface area contributed by atoms with Crippen molar-refractivity contribution in [2.75, 3.05) is 6.61 Å². The Labute approximate surface area is 122 Å². The highest BCUT2D eigenvalue weighted by atomic mass is 79.9. The number of aryl methyl sites for hydroxylation is 1. The van der Waals surface area contributed by atoms with Crippen LogP contribution in [0.2, 0.25) is 0 Å². The molecule has 0 aliphatic heterocycles. The Kier molecular flexibility index (Phi) is 5.37. The van der Waals surface area contributed by atoms with E-state index in [1.807, 2.05) is 30.3 Å². The summed E-state index contributed by atoms with van der Waals surface area (Å²) in [5.74, 6) is 0. The standard InChI is InChI=1S/C17H17BrO/c18-17-11-5-9-15(12-17)16(13-19)10-4-8-14-6-2-1-3-7-14/h1-3,5-7,9-12,19H,4,8,13H2/b16-10+. The van der Waals surface area contributed by atoms with Crippen LogP contribution >= 0.6 is 15.9 Å². The first kappa shape index (κ1) is 14.0. The van der Waals surface area contributed by atoms with Crippen LogP contribution in [0.4, 0.5) is 0 Å². The molecule has 0 aliphatic carbocycles. The maximum Gasteiger partial charge on any atom is 0.0684 e. The molecule has 0 fully saturated rings. The Morgan fingerprint density at radius 1 is 1.05 bits per heavy atom. The number of rotatable bonds is 5. The first-order valence-corrected chi connectivity index (χ1v) is 7.18. The van der Waals surface area contributed by atoms with Gasteiger partial charge in [-0.1, -0.05) is 64.5 Å². The predicted molar refractivity (Wildman–Crippen MR) is 84.0 cm³/mol. The molecule has 0 radical (unpaired) electrons. The molecule has 2 aromatic rings. The van der Waals surface area contributed by atoms with Gasteiger partial charge in [-0.25, -0.2) is 0 Å². The molecule has 0 heterocycles. The van der Waals surface area contributed by atoms with E-state index in [1.54, 1.807) is 0 Å². The third kappa shape index (κ3) is 4.34. The van der Waals surface area contributed by atoms with Gasteiger partial charge in [-0.05, 0) is 41.7 Å². The molecule has 0 amide bonds. The summed E-state index contributed by atoms with van der Waals surface area (Å²) in [4.78, 5) is 0. The molecular weight excluding hydrogens is 300 g/mol. The molecule has 2 aromatic carbocycles. The molecule has 0 aliphatic rings. The van der Waals surface area contributed by atoms with Crippen molar-refractivity contribution < 1.29 is 5.11 Å². The lowest BCUT2D eigenvalue weighted by Crippen LogP contribution is -1.92. The van der Waals surface area contributed by atoms with Crippen molar-refractivity contribution in [2.24, 2.45) is 0 Å². The summed E-state index contributed by atoms with van der Waals surface area (Å²) in [5.41, 5.74) is 3.38. The zero-order valence-corrected chi connectivity index (χ0v) is 12.3. The van der Waals surface area contributed by atoms with Crippen molar-refractivity contribution in [2.45, 2.75) is 12.8 Å². The van der Waals surface area contributed by atoms with Crippen molar-refractivity contribution in [3.05, 3.63) is 76.3 Å². The SMILES string of the molecule is OC/C(=C\CCc1ccccc1)c1cccc(Br)c1. The van der Waals surface area contributed by atoms with Gasteiger partial charge in [0.15, 0.2) is 0 Å². The highest BCUT2D eigenvalue weighted by Crippen LogP contribution is 2.19. The fourth-order valence-corrected chi connectivity index (χ4v) is 2.42. The highest BCUT2D eigenvalue weighted by molar-refractivity contribution is 9.10. The predicted octanol–water partition coefficient (Wildman–Crippen LogP) is 4.46. The summed E-state index contributed by atoms with van der Waals surface area (Å²) in [5, 5.41) is 9.48. The molecule has 2 rings (SSSR count). The van der Waals surface area contributed by atoms with Gasteiger partial charge in [0.05, 0.1) is 6.61 Å². The van der Waals surface area contributed by atoms with Gasteiger partial charge in [-0.15, -0.1) is 0 Å². The minimum atomic E-state index is 0.0746. The van der Waals surface area contributed by atoms with Gasteiger partial charge < -0.3 is 5.11 Å². The van der Waals surface area contributed by atoms with E-state index in [0.29, 0.717) is 0 Å². The normalized spacial score (nSPS) is 11.6. The van der Waals surface area contributed by atoms with Crippen LogP contribution in [0.15, 0.2) is 65.1 Å². The lowest BCUT2D eigenvalue weighted by Gasteiger charge is -2.05. The van der Waals surface area contributed by atoms with Crippen molar-refractivity contribution in [1.29, 1.82) is 0 Å². The van der Waals surface area contributed by atoms with E-state index in [9.17, 15) is 5.11 Å². The van der Waals surface area contributed by atoms with Gasteiger partial charge in [0.1, 0.15) is 0 Å². The van der Waals surface area contributed by atoms with Crippen LogP contribution in [0.3, 0.4) is 0 Å². The first-order chi connectivity index (χ1) is 9.29. The number of benzene rings is 2. The average molecular weight is 317 g/mol. The Morgan fingerprint density at radius 2 is 1.84 bits per heavy atom. The highest BCUT2D eigenvalue weighted by Gasteiger charge is 2.00. The molecule has 0 aromatic heterocycles. The van der Waals surface area contributed by atoms with Crippen molar-refractivity contribution in [3.63, 3.8) is 0 Å². The number of hydrogen-bond donors (Lipinski definition) is 1. The number of aliphatic hydroxyl groups excluding tert-OH is 1. The monoisotopic (exact) mass is 316 g/mol. The van der Waals surface area contributed by atoms with E-state index in [0.717, 1.165) is 28.5 Å². The number of halogens is 1. The Balaban J connectivity index is 2.04. The summed E-state index contributed by atoms with van der Waals surface area (Å²) in [7, 11) is 0. The Hall–Kier alpha value is -1.38. The van der Waals surface area contributed by atoms with Gasteiger partial charge in [-0.2, -0.15) is 0 Å². The molecule has 0 spiro atoms. The summed E-state index contributed by atoms with van der Waals surface area (Å²) in [6.45, 7) is 0.0746. The molecule has 1 N–H and O–H groups in total. The van der Waals surface area contributed by atoms with E-state index in [2.05, 4.69) is 46.3 Å². The third-order valence-corrected chi connectivity index (χ3v) is 3.53. The minimum absolute atomic E-state index is 0.0746. The molecule has 0 unspecified atom stereocenters. The summed E-state index contributed by atoms with van der Waals surface area (Å²) in [6, 6.07) is 18.4. The lowest BCUT2D eigenvalue weighted by molar-refractivity contribution is 0.350. The first-order valence-electron chi connectivity index (χ1n) is 6.39. The van der Waals surface area contributed by atoms with Crippen LogP contribution in [0.25, 0.3) is 5.57 Å². The maximum atomic E-state index is 9.48. The van der Waals surface area contributed by atoms with E-state index >= 15 is 0 Å². The average Bonchev–Trinajstić information content (AvgIpc) is 2.45. The quantitative estimate of drug-likeness (QED) is 0.863. The second-order valence-electron chi connectivity index (χ2n) is 4.42. The fourth-order valence-electron chi connectivity index (χ4n) is 2.02. The van der Waals surface area contributed by atoms with E-state index < -0.39 is 0 Å². The largest absolute Gasteiger partial charge is 0.392 e. The van der Waals surface area contributed by atoms with Crippen molar-refractivity contribution in [3.8, 4) is 0 Å². The maximum absolute atomic E-state index is 9.48. The van der Waals surface area contributed by atoms with Crippen LogP contribution in [0.1, 0.15) is 17.5 Å².